The average Bonchev–Trinajstić information content (AvgIpc) is 2.48. The highest BCUT2D eigenvalue weighted by Gasteiger charge is 2.21. The number of benzene rings is 2. The molecule has 0 aliphatic carbocycles. The van der Waals surface area contributed by atoms with Crippen LogP contribution in [0.2, 0.25) is 0 Å². The van der Waals surface area contributed by atoms with Crippen molar-refractivity contribution in [3.63, 3.8) is 0 Å². The molecule has 3 nitrogen and oxygen atoms in total. The van der Waals surface area contributed by atoms with Crippen LogP contribution in [-0.4, -0.2) is 20.3 Å². The van der Waals surface area contributed by atoms with Crippen LogP contribution in [0, 0.1) is 5.82 Å². The molecule has 1 heterocycles. The van der Waals surface area contributed by atoms with E-state index in [1.807, 2.05) is 25.2 Å². The summed E-state index contributed by atoms with van der Waals surface area (Å²) in [6.07, 6.45) is 0. The van der Waals surface area contributed by atoms with Crippen molar-refractivity contribution in [3.05, 3.63) is 57.8 Å². The molecule has 0 fully saturated rings. The van der Waals surface area contributed by atoms with Crippen LogP contribution in [0.3, 0.4) is 0 Å². The molecular weight excluding hydrogens is 337 g/mol. The molecule has 1 atom stereocenters. The fourth-order valence-corrected chi connectivity index (χ4v) is 3.04. The summed E-state index contributed by atoms with van der Waals surface area (Å²) in [4.78, 5) is 0. The van der Waals surface area contributed by atoms with Crippen LogP contribution in [-0.2, 0) is 0 Å². The number of fused-ring (bicyclic) bond motifs is 1. The van der Waals surface area contributed by atoms with Crippen LogP contribution >= 0.6 is 15.9 Å². The summed E-state index contributed by atoms with van der Waals surface area (Å²) < 4.78 is 25.6. The van der Waals surface area contributed by atoms with E-state index < -0.39 is 0 Å². The van der Waals surface area contributed by atoms with Crippen LogP contribution in [0.4, 0.5) is 4.39 Å². The molecule has 1 N–H and O–H groups in total. The Balaban J connectivity index is 2.04. The van der Waals surface area contributed by atoms with Gasteiger partial charge in [-0.25, -0.2) is 4.39 Å². The normalized spacial score (nSPS) is 14.8. The number of halogens is 2. The minimum atomic E-state index is -0.249. The maximum absolute atomic E-state index is 13.5. The lowest BCUT2D eigenvalue weighted by molar-refractivity contribution is 0.171. The zero-order valence-electron chi connectivity index (χ0n) is 11.5. The van der Waals surface area contributed by atoms with Crippen molar-refractivity contribution in [1.82, 2.24) is 5.32 Å². The van der Waals surface area contributed by atoms with E-state index in [4.69, 9.17) is 9.47 Å². The van der Waals surface area contributed by atoms with Gasteiger partial charge in [0.1, 0.15) is 19.0 Å². The second kappa shape index (κ2) is 6.03. The molecule has 3 rings (SSSR count). The molecule has 21 heavy (non-hydrogen) atoms. The Hall–Kier alpha value is -1.59. The molecule has 110 valence electrons. The number of rotatable bonds is 3. The fraction of sp³-hybridized carbons (Fsp3) is 0.250. The van der Waals surface area contributed by atoms with E-state index in [1.165, 1.54) is 12.1 Å². The Morgan fingerprint density at radius 1 is 1.14 bits per heavy atom. The Morgan fingerprint density at radius 3 is 2.52 bits per heavy atom. The highest BCUT2D eigenvalue weighted by Crippen LogP contribution is 2.39. The van der Waals surface area contributed by atoms with E-state index in [0.29, 0.717) is 13.2 Å². The Bertz CT molecular complexity index is 663. The van der Waals surface area contributed by atoms with Crippen LogP contribution in [0.5, 0.6) is 11.5 Å². The number of hydrogen-bond donors (Lipinski definition) is 1. The molecule has 0 bridgehead atoms. The molecule has 1 aliphatic rings. The molecular formula is C16H15BrFNO2. The lowest BCUT2D eigenvalue weighted by atomic mass is 9.98. The van der Waals surface area contributed by atoms with E-state index in [0.717, 1.165) is 27.1 Å². The quantitative estimate of drug-likeness (QED) is 0.915. The average molecular weight is 352 g/mol. The van der Waals surface area contributed by atoms with Gasteiger partial charge in [-0.3, -0.25) is 0 Å². The lowest BCUT2D eigenvalue weighted by Gasteiger charge is -2.23. The summed E-state index contributed by atoms with van der Waals surface area (Å²) in [6.45, 7) is 1.09. The SMILES string of the molecule is CNC(c1cccc(F)c1)c1cc2c(cc1Br)OCCO2. The summed E-state index contributed by atoms with van der Waals surface area (Å²) in [5.41, 5.74) is 1.84. The van der Waals surface area contributed by atoms with E-state index in [-0.39, 0.29) is 11.9 Å². The van der Waals surface area contributed by atoms with Gasteiger partial charge in [0.2, 0.25) is 0 Å². The smallest absolute Gasteiger partial charge is 0.162 e. The molecule has 0 saturated heterocycles. The van der Waals surface area contributed by atoms with Gasteiger partial charge in [-0.1, -0.05) is 28.1 Å². The standard InChI is InChI=1S/C16H15BrFNO2/c1-19-16(10-3-2-4-11(18)7-10)12-8-14-15(9-13(12)17)21-6-5-20-14/h2-4,7-9,16,19H,5-6H2,1H3. The minimum Gasteiger partial charge on any atom is -0.486 e. The molecule has 2 aromatic rings. The van der Waals surface area contributed by atoms with Gasteiger partial charge in [0.25, 0.3) is 0 Å². The molecule has 2 aromatic carbocycles. The number of nitrogens with one attached hydrogen (secondary N) is 1. The third kappa shape index (κ3) is 2.89. The third-order valence-corrected chi connectivity index (χ3v) is 4.13. The summed E-state index contributed by atoms with van der Waals surface area (Å²) >= 11 is 3.56. The third-order valence-electron chi connectivity index (χ3n) is 3.44. The van der Waals surface area contributed by atoms with Gasteiger partial charge < -0.3 is 14.8 Å². The lowest BCUT2D eigenvalue weighted by Crippen LogP contribution is -2.20. The molecule has 1 aliphatic heterocycles. The largest absolute Gasteiger partial charge is 0.486 e. The van der Waals surface area contributed by atoms with E-state index in [1.54, 1.807) is 6.07 Å². The first kappa shape index (κ1) is 14.4. The van der Waals surface area contributed by atoms with Gasteiger partial charge in [0.05, 0.1) is 6.04 Å². The van der Waals surface area contributed by atoms with Crippen LogP contribution < -0.4 is 14.8 Å². The first-order valence-electron chi connectivity index (χ1n) is 6.71. The van der Waals surface area contributed by atoms with Gasteiger partial charge in [-0.05, 0) is 42.4 Å². The van der Waals surface area contributed by atoms with Crippen molar-refractivity contribution >= 4 is 15.9 Å². The van der Waals surface area contributed by atoms with Crippen LogP contribution in [0.15, 0.2) is 40.9 Å². The second-order valence-corrected chi connectivity index (χ2v) is 5.65. The topological polar surface area (TPSA) is 30.5 Å². The van der Waals surface area contributed by atoms with E-state index in [9.17, 15) is 4.39 Å². The van der Waals surface area contributed by atoms with Crippen LogP contribution in [0.1, 0.15) is 17.2 Å². The van der Waals surface area contributed by atoms with Crippen LogP contribution in [0.25, 0.3) is 0 Å². The molecule has 5 heteroatoms. The number of ether oxygens (including phenoxy) is 2. The van der Waals surface area contributed by atoms with Crippen molar-refractivity contribution in [1.29, 1.82) is 0 Å². The Labute approximate surface area is 131 Å². The zero-order chi connectivity index (χ0) is 14.8. The van der Waals surface area contributed by atoms with Gasteiger partial charge in [-0.15, -0.1) is 0 Å². The van der Waals surface area contributed by atoms with Gasteiger partial charge in [0, 0.05) is 4.47 Å². The molecule has 0 radical (unpaired) electrons. The van der Waals surface area contributed by atoms with Crippen molar-refractivity contribution in [3.8, 4) is 11.5 Å². The van der Waals surface area contributed by atoms with Crippen molar-refractivity contribution < 1.29 is 13.9 Å². The second-order valence-electron chi connectivity index (χ2n) is 4.79. The fourth-order valence-electron chi connectivity index (χ4n) is 2.49. The van der Waals surface area contributed by atoms with Crippen molar-refractivity contribution in [2.24, 2.45) is 0 Å². The predicted molar refractivity (Wildman–Crippen MR) is 82.4 cm³/mol. The highest BCUT2D eigenvalue weighted by atomic mass is 79.9. The minimum absolute atomic E-state index is 0.133. The number of hydrogen-bond acceptors (Lipinski definition) is 3. The molecule has 0 aromatic heterocycles. The predicted octanol–water partition coefficient (Wildman–Crippen LogP) is 3.67. The first-order chi connectivity index (χ1) is 10.2. The van der Waals surface area contributed by atoms with Gasteiger partial charge in [0.15, 0.2) is 11.5 Å². The summed E-state index contributed by atoms with van der Waals surface area (Å²) in [7, 11) is 1.85. The maximum Gasteiger partial charge on any atom is 0.162 e. The molecule has 0 saturated carbocycles. The zero-order valence-corrected chi connectivity index (χ0v) is 13.1. The highest BCUT2D eigenvalue weighted by molar-refractivity contribution is 9.10. The van der Waals surface area contributed by atoms with Crippen molar-refractivity contribution in [2.45, 2.75) is 6.04 Å². The van der Waals surface area contributed by atoms with Crippen molar-refractivity contribution in [2.75, 3.05) is 20.3 Å². The molecule has 1 unspecified atom stereocenters. The van der Waals surface area contributed by atoms with E-state index >= 15 is 0 Å². The Morgan fingerprint density at radius 2 is 1.86 bits per heavy atom. The Kier molecular flexibility index (Phi) is 4.12. The molecule has 0 amide bonds. The monoisotopic (exact) mass is 351 g/mol. The maximum atomic E-state index is 13.5. The summed E-state index contributed by atoms with van der Waals surface area (Å²) in [5.74, 6) is 1.20. The van der Waals surface area contributed by atoms with E-state index in [2.05, 4.69) is 21.2 Å². The van der Waals surface area contributed by atoms with Gasteiger partial charge >= 0.3 is 0 Å². The summed E-state index contributed by atoms with van der Waals surface area (Å²) in [5, 5.41) is 3.22. The summed E-state index contributed by atoms with van der Waals surface area (Å²) in [6, 6.07) is 10.3. The first-order valence-corrected chi connectivity index (χ1v) is 7.50. The van der Waals surface area contributed by atoms with Gasteiger partial charge in [-0.2, -0.15) is 0 Å². The molecule has 0 spiro atoms.